The molecule has 1 saturated heterocycles. The van der Waals surface area contributed by atoms with Gasteiger partial charge in [-0.2, -0.15) is 0 Å². The van der Waals surface area contributed by atoms with E-state index in [1.807, 2.05) is 19.1 Å². The van der Waals surface area contributed by atoms with Gasteiger partial charge in [-0.25, -0.2) is 4.39 Å². The zero-order chi connectivity index (χ0) is 8.55. The maximum atomic E-state index is 13.0. The summed E-state index contributed by atoms with van der Waals surface area (Å²) in [5, 5.41) is 0. The lowest BCUT2D eigenvalue weighted by Gasteiger charge is -1.98. The lowest BCUT2D eigenvalue weighted by Crippen LogP contribution is -1.98. The van der Waals surface area contributed by atoms with Gasteiger partial charge in [-0.3, -0.25) is 0 Å². The Morgan fingerprint density at radius 2 is 2.08 bits per heavy atom. The summed E-state index contributed by atoms with van der Waals surface area (Å²) in [6, 6.07) is 6.85. The first-order valence-electron chi connectivity index (χ1n) is 4.16. The van der Waals surface area contributed by atoms with Crippen LogP contribution in [0.15, 0.2) is 24.3 Å². The van der Waals surface area contributed by atoms with Crippen LogP contribution in [-0.4, -0.2) is 12.2 Å². The molecule has 0 radical (unpaired) electrons. The lowest BCUT2D eigenvalue weighted by molar-refractivity contribution is 0.376. The maximum Gasteiger partial charge on any atom is 0.126 e. The molecule has 1 aliphatic rings. The zero-order valence-electron chi connectivity index (χ0n) is 6.96. The lowest BCUT2D eigenvalue weighted by atomic mass is 10.1. The summed E-state index contributed by atoms with van der Waals surface area (Å²) in [5.41, 5.74) is 0.756. The number of benzene rings is 1. The number of hydrogen-bond donors (Lipinski definition) is 0. The topological polar surface area (TPSA) is 12.5 Å². The second-order valence-electron chi connectivity index (χ2n) is 3.18. The number of halogens is 1. The molecule has 0 amide bonds. The van der Waals surface area contributed by atoms with Gasteiger partial charge in [-0.1, -0.05) is 18.2 Å². The Morgan fingerprint density at radius 1 is 1.42 bits per heavy atom. The highest BCUT2D eigenvalue weighted by Crippen LogP contribution is 2.25. The minimum Gasteiger partial charge on any atom is -0.370 e. The summed E-state index contributed by atoms with van der Waals surface area (Å²) in [6.07, 6.45) is 1.25. The van der Waals surface area contributed by atoms with Crippen molar-refractivity contribution < 1.29 is 9.13 Å². The quantitative estimate of drug-likeness (QED) is 0.613. The fourth-order valence-electron chi connectivity index (χ4n) is 1.33. The first-order chi connectivity index (χ1) is 5.77. The van der Waals surface area contributed by atoms with Crippen LogP contribution in [-0.2, 0) is 11.2 Å². The van der Waals surface area contributed by atoms with Crippen molar-refractivity contribution in [3.05, 3.63) is 35.6 Å². The van der Waals surface area contributed by atoms with Gasteiger partial charge in [-0.05, 0) is 18.6 Å². The number of rotatable bonds is 2. The van der Waals surface area contributed by atoms with Gasteiger partial charge in [0.1, 0.15) is 5.82 Å². The number of epoxide rings is 1. The van der Waals surface area contributed by atoms with Crippen LogP contribution in [0.2, 0.25) is 0 Å². The normalized spacial score (nSPS) is 27.2. The van der Waals surface area contributed by atoms with Gasteiger partial charge in [0.2, 0.25) is 0 Å². The predicted octanol–water partition coefficient (Wildman–Crippen LogP) is 2.16. The summed E-state index contributed by atoms with van der Waals surface area (Å²) in [6.45, 7) is 2.01. The highest BCUT2D eigenvalue weighted by Gasteiger charge is 2.34. The van der Waals surface area contributed by atoms with Gasteiger partial charge in [-0.15, -0.1) is 0 Å². The van der Waals surface area contributed by atoms with E-state index in [0.717, 1.165) is 5.56 Å². The smallest absolute Gasteiger partial charge is 0.126 e. The third kappa shape index (κ3) is 1.48. The van der Waals surface area contributed by atoms with Crippen LogP contribution in [0.4, 0.5) is 4.39 Å². The average molecular weight is 166 g/mol. The van der Waals surface area contributed by atoms with Crippen molar-refractivity contribution in [3.8, 4) is 0 Å². The van der Waals surface area contributed by atoms with Crippen molar-refractivity contribution >= 4 is 0 Å². The van der Waals surface area contributed by atoms with Crippen molar-refractivity contribution in [1.29, 1.82) is 0 Å². The highest BCUT2D eigenvalue weighted by atomic mass is 19.1. The van der Waals surface area contributed by atoms with Gasteiger partial charge < -0.3 is 4.74 Å². The molecule has 2 heteroatoms. The molecule has 0 N–H and O–H groups in total. The molecular weight excluding hydrogens is 155 g/mol. The molecule has 0 aliphatic carbocycles. The van der Waals surface area contributed by atoms with Crippen LogP contribution in [0.25, 0.3) is 0 Å². The van der Waals surface area contributed by atoms with E-state index >= 15 is 0 Å². The van der Waals surface area contributed by atoms with Gasteiger partial charge in [0.25, 0.3) is 0 Å². The Kier molecular flexibility index (Phi) is 1.85. The number of ether oxygens (including phenoxy) is 1. The van der Waals surface area contributed by atoms with Crippen LogP contribution in [0.1, 0.15) is 12.5 Å². The fraction of sp³-hybridized carbons (Fsp3) is 0.400. The Bertz CT molecular complexity index is 285. The average Bonchev–Trinajstić information content (AvgIpc) is 2.72. The van der Waals surface area contributed by atoms with Gasteiger partial charge in [0.15, 0.2) is 0 Å². The molecule has 1 aliphatic heterocycles. The van der Waals surface area contributed by atoms with Crippen molar-refractivity contribution in [2.45, 2.75) is 25.6 Å². The Hall–Kier alpha value is -0.890. The molecule has 2 rings (SSSR count). The molecule has 12 heavy (non-hydrogen) atoms. The largest absolute Gasteiger partial charge is 0.370 e. The molecule has 0 bridgehead atoms. The van der Waals surface area contributed by atoms with E-state index in [1.54, 1.807) is 6.07 Å². The second kappa shape index (κ2) is 2.87. The molecule has 1 heterocycles. The summed E-state index contributed by atoms with van der Waals surface area (Å²) in [7, 11) is 0. The molecule has 1 aromatic carbocycles. The Morgan fingerprint density at radius 3 is 2.67 bits per heavy atom. The van der Waals surface area contributed by atoms with Crippen molar-refractivity contribution in [2.75, 3.05) is 0 Å². The summed E-state index contributed by atoms with van der Waals surface area (Å²) < 4.78 is 18.3. The van der Waals surface area contributed by atoms with E-state index in [1.165, 1.54) is 6.07 Å². The molecule has 0 unspecified atom stereocenters. The Labute approximate surface area is 71.2 Å². The van der Waals surface area contributed by atoms with E-state index < -0.39 is 0 Å². The number of hydrogen-bond acceptors (Lipinski definition) is 1. The third-order valence-electron chi connectivity index (χ3n) is 2.22. The highest BCUT2D eigenvalue weighted by molar-refractivity contribution is 5.19. The first kappa shape index (κ1) is 7.74. The predicted molar refractivity (Wildman–Crippen MR) is 44.4 cm³/mol. The zero-order valence-corrected chi connectivity index (χ0v) is 6.96. The van der Waals surface area contributed by atoms with Crippen LogP contribution >= 0.6 is 0 Å². The van der Waals surface area contributed by atoms with Crippen LogP contribution < -0.4 is 0 Å². The van der Waals surface area contributed by atoms with E-state index in [9.17, 15) is 4.39 Å². The molecule has 1 nitrogen and oxygen atoms in total. The van der Waals surface area contributed by atoms with Gasteiger partial charge >= 0.3 is 0 Å². The molecule has 1 aromatic rings. The molecule has 64 valence electrons. The summed E-state index contributed by atoms with van der Waals surface area (Å²) in [5.74, 6) is -0.125. The van der Waals surface area contributed by atoms with Crippen molar-refractivity contribution in [1.82, 2.24) is 0 Å². The van der Waals surface area contributed by atoms with Gasteiger partial charge in [0.05, 0.1) is 12.2 Å². The van der Waals surface area contributed by atoms with E-state index in [4.69, 9.17) is 4.74 Å². The Balaban J connectivity index is 2.08. The standard InChI is InChI=1S/C10H11FO/c1-7-10(12-7)6-8-4-2-3-5-9(8)11/h2-5,7,10H,6H2,1H3/t7-,10-/m0/s1. The van der Waals surface area contributed by atoms with Gasteiger partial charge in [0, 0.05) is 6.42 Å². The minimum atomic E-state index is -0.125. The molecule has 1 fully saturated rings. The monoisotopic (exact) mass is 166 g/mol. The third-order valence-corrected chi connectivity index (χ3v) is 2.22. The SMILES string of the molecule is C[C@@H]1O[C@H]1Cc1ccccc1F. The molecule has 0 aromatic heterocycles. The van der Waals surface area contributed by atoms with E-state index in [-0.39, 0.29) is 11.9 Å². The molecule has 2 atom stereocenters. The molecule has 0 spiro atoms. The second-order valence-corrected chi connectivity index (χ2v) is 3.18. The van der Waals surface area contributed by atoms with Crippen LogP contribution in [0.5, 0.6) is 0 Å². The van der Waals surface area contributed by atoms with Crippen LogP contribution in [0, 0.1) is 5.82 Å². The molecule has 0 saturated carbocycles. The van der Waals surface area contributed by atoms with E-state index in [2.05, 4.69) is 0 Å². The van der Waals surface area contributed by atoms with Crippen molar-refractivity contribution in [2.24, 2.45) is 0 Å². The summed E-state index contributed by atoms with van der Waals surface area (Å²) in [4.78, 5) is 0. The summed E-state index contributed by atoms with van der Waals surface area (Å²) >= 11 is 0. The van der Waals surface area contributed by atoms with Crippen molar-refractivity contribution in [3.63, 3.8) is 0 Å². The van der Waals surface area contributed by atoms with Crippen LogP contribution in [0.3, 0.4) is 0 Å². The molecular formula is C10H11FO. The fourth-order valence-corrected chi connectivity index (χ4v) is 1.33. The first-order valence-corrected chi connectivity index (χ1v) is 4.16. The maximum absolute atomic E-state index is 13.0. The van der Waals surface area contributed by atoms with E-state index in [0.29, 0.717) is 12.5 Å². The minimum absolute atomic E-state index is 0.125.